The summed E-state index contributed by atoms with van der Waals surface area (Å²) in [4.78, 5) is 11.3. The molecule has 1 aromatic rings. The van der Waals surface area contributed by atoms with Crippen LogP contribution < -0.4 is 11.1 Å². The average molecular weight is 274 g/mol. The molecule has 1 aromatic carbocycles. The molecule has 6 heteroatoms. The molecule has 0 aliphatic rings. The third kappa shape index (κ3) is 5.30. The van der Waals surface area contributed by atoms with Gasteiger partial charge in [0.05, 0.1) is 5.56 Å². The molecular formula is C13H17F3N2O. The zero-order chi connectivity index (χ0) is 14.5. The van der Waals surface area contributed by atoms with E-state index in [1.54, 1.807) is 13.0 Å². The quantitative estimate of drug-likeness (QED) is 0.864. The Morgan fingerprint density at radius 3 is 2.58 bits per heavy atom. The molecule has 0 heterocycles. The molecule has 0 saturated heterocycles. The average Bonchev–Trinajstić information content (AvgIpc) is 2.27. The summed E-state index contributed by atoms with van der Waals surface area (Å²) in [6.45, 7) is 1.86. The number of nitrogens with two attached hydrogens (primary N) is 1. The van der Waals surface area contributed by atoms with E-state index in [1.807, 2.05) is 0 Å². The molecule has 1 amide bonds. The van der Waals surface area contributed by atoms with E-state index in [0.717, 1.165) is 6.07 Å². The van der Waals surface area contributed by atoms with Crippen molar-refractivity contribution in [2.24, 2.45) is 5.73 Å². The van der Waals surface area contributed by atoms with Gasteiger partial charge >= 0.3 is 6.18 Å². The van der Waals surface area contributed by atoms with Crippen LogP contribution in [0.25, 0.3) is 0 Å². The van der Waals surface area contributed by atoms with Gasteiger partial charge in [0.25, 0.3) is 0 Å². The van der Waals surface area contributed by atoms with Crippen LogP contribution in [0.15, 0.2) is 24.3 Å². The zero-order valence-corrected chi connectivity index (χ0v) is 10.6. The number of carbonyl (C=O) groups is 1. The molecular weight excluding hydrogens is 257 g/mol. The summed E-state index contributed by atoms with van der Waals surface area (Å²) in [5.41, 5.74) is 4.97. The SMILES string of the molecule is CC(N)CC(=O)NCCc1ccccc1C(F)(F)F. The highest BCUT2D eigenvalue weighted by atomic mass is 19.4. The van der Waals surface area contributed by atoms with E-state index in [0.29, 0.717) is 0 Å². The van der Waals surface area contributed by atoms with Gasteiger partial charge < -0.3 is 11.1 Å². The summed E-state index contributed by atoms with van der Waals surface area (Å²) < 4.78 is 38.1. The lowest BCUT2D eigenvalue weighted by atomic mass is 10.0. The molecule has 106 valence electrons. The normalized spacial score (nSPS) is 13.1. The third-order valence-electron chi connectivity index (χ3n) is 2.55. The van der Waals surface area contributed by atoms with Crippen LogP contribution in [-0.4, -0.2) is 18.5 Å². The van der Waals surface area contributed by atoms with Crippen LogP contribution in [-0.2, 0) is 17.4 Å². The standard InChI is InChI=1S/C13H17F3N2O/c1-9(17)8-12(19)18-7-6-10-4-2-3-5-11(10)13(14,15)16/h2-5,9H,6-8,17H2,1H3,(H,18,19). The molecule has 0 aromatic heterocycles. The van der Waals surface area contributed by atoms with Crippen molar-refractivity contribution in [1.82, 2.24) is 5.32 Å². The molecule has 0 fully saturated rings. The topological polar surface area (TPSA) is 55.1 Å². The number of amides is 1. The number of benzene rings is 1. The number of nitrogens with one attached hydrogen (secondary N) is 1. The van der Waals surface area contributed by atoms with Gasteiger partial charge in [0.2, 0.25) is 5.91 Å². The Bertz CT molecular complexity index is 430. The second kappa shape index (κ2) is 6.56. The van der Waals surface area contributed by atoms with Gasteiger partial charge in [-0.3, -0.25) is 4.79 Å². The van der Waals surface area contributed by atoms with E-state index < -0.39 is 11.7 Å². The Hall–Kier alpha value is -1.56. The maximum absolute atomic E-state index is 12.7. The first-order valence-corrected chi connectivity index (χ1v) is 5.98. The molecule has 3 N–H and O–H groups in total. The number of halogens is 3. The first kappa shape index (κ1) is 15.5. The molecule has 0 spiro atoms. The van der Waals surface area contributed by atoms with Crippen LogP contribution in [0.5, 0.6) is 0 Å². The summed E-state index contributed by atoms with van der Waals surface area (Å²) in [5, 5.41) is 2.55. The molecule has 19 heavy (non-hydrogen) atoms. The van der Waals surface area contributed by atoms with Crippen LogP contribution in [0.4, 0.5) is 13.2 Å². The lowest BCUT2D eigenvalue weighted by Crippen LogP contribution is -2.31. The van der Waals surface area contributed by atoms with Crippen molar-refractivity contribution >= 4 is 5.91 Å². The highest BCUT2D eigenvalue weighted by Gasteiger charge is 2.32. The zero-order valence-electron chi connectivity index (χ0n) is 10.6. The Kier molecular flexibility index (Phi) is 5.35. The minimum absolute atomic E-state index is 0.139. The molecule has 0 aliphatic carbocycles. The summed E-state index contributed by atoms with van der Waals surface area (Å²) in [5.74, 6) is -0.250. The molecule has 0 bridgehead atoms. The molecule has 1 atom stereocenters. The van der Waals surface area contributed by atoms with Crippen LogP contribution in [0.3, 0.4) is 0 Å². The van der Waals surface area contributed by atoms with Gasteiger partial charge in [-0.25, -0.2) is 0 Å². The fourth-order valence-corrected chi connectivity index (χ4v) is 1.72. The van der Waals surface area contributed by atoms with Crippen molar-refractivity contribution in [2.45, 2.75) is 32.0 Å². The fraction of sp³-hybridized carbons (Fsp3) is 0.462. The van der Waals surface area contributed by atoms with Crippen molar-refractivity contribution in [1.29, 1.82) is 0 Å². The van der Waals surface area contributed by atoms with Crippen LogP contribution in [0.2, 0.25) is 0 Å². The third-order valence-corrected chi connectivity index (χ3v) is 2.55. The van der Waals surface area contributed by atoms with Crippen molar-refractivity contribution in [3.8, 4) is 0 Å². The predicted molar refractivity (Wildman–Crippen MR) is 66.4 cm³/mol. The van der Waals surface area contributed by atoms with E-state index in [2.05, 4.69) is 5.32 Å². The number of carbonyl (C=O) groups excluding carboxylic acids is 1. The van der Waals surface area contributed by atoms with Gasteiger partial charge in [-0.05, 0) is 25.0 Å². The number of hydrogen-bond donors (Lipinski definition) is 2. The van der Waals surface area contributed by atoms with Crippen molar-refractivity contribution in [2.75, 3.05) is 6.54 Å². The Morgan fingerprint density at radius 1 is 1.37 bits per heavy atom. The van der Waals surface area contributed by atoms with E-state index in [-0.39, 0.29) is 36.9 Å². The van der Waals surface area contributed by atoms with E-state index in [9.17, 15) is 18.0 Å². The molecule has 3 nitrogen and oxygen atoms in total. The smallest absolute Gasteiger partial charge is 0.356 e. The minimum atomic E-state index is -4.37. The van der Waals surface area contributed by atoms with Crippen LogP contribution in [0, 0.1) is 0 Å². The largest absolute Gasteiger partial charge is 0.416 e. The van der Waals surface area contributed by atoms with Gasteiger partial charge in [0.15, 0.2) is 0 Å². The summed E-state index contributed by atoms with van der Waals surface area (Å²) in [7, 11) is 0. The van der Waals surface area contributed by atoms with Gasteiger partial charge in [0, 0.05) is 19.0 Å². The second-order valence-electron chi connectivity index (χ2n) is 4.44. The van der Waals surface area contributed by atoms with Crippen molar-refractivity contribution in [3.05, 3.63) is 35.4 Å². The van der Waals surface area contributed by atoms with E-state index in [4.69, 9.17) is 5.73 Å². The van der Waals surface area contributed by atoms with Crippen LogP contribution in [0.1, 0.15) is 24.5 Å². The maximum atomic E-state index is 12.7. The Morgan fingerprint density at radius 2 is 2.00 bits per heavy atom. The molecule has 0 aliphatic heterocycles. The van der Waals surface area contributed by atoms with E-state index in [1.165, 1.54) is 12.1 Å². The van der Waals surface area contributed by atoms with Crippen LogP contribution >= 0.6 is 0 Å². The molecule has 0 saturated carbocycles. The van der Waals surface area contributed by atoms with Gasteiger partial charge in [0.1, 0.15) is 0 Å². The number of hydrogen-bond acceptors (Lipinski definition) is 2. The summed E-state index contributed by atoms with van der Waals surface area (Å²) in [6.07, 6.45) is -4.06. The van der Waals surface area contributed by atoms with Crippen molar-refractivity contribution < 1.29 is 18.0 Å². The number of alkyl halides is 3. The fourth-order valence-electron chi connectivity index (χ4n) is 1.72. The Balaban J connectivity index is 2.57. The summed E-state index contributed by atoms with van der Waals surface area (Å²) in [6, 6.07) is 5.09. The first-order chi connectivity index (χ1) is 8.80. The van der Waals surface area contributed by atoms with E-state index >= 15 is 0 Å². The van der Waals surface area contributed by atoms with Gasteiger partial charge in [-0.15, -0.1) is 0 Å². The maximum Gasteiger partial charge on any atom is 0.416 e. The van der Waals surface area contributed by atoms with Gasteiger partial charge in [-0.2, -0.15) is 13.2 Å². The van der Waals surface area contributed by atoms with Crippen molar-refractivity contribution in [3.63, 3.8) is 0 Å². The number of rotatable bonds is 5. The molecule has 1 rings (SSSR count). The molecule has 0 radical (unpaired) electrons. The second-order valence-corrected chi connectivity index (χ2v) is 4.44. The predicted octanol–water partition coefficient (Wildman–Crippen LogP) is 2.10. The monoisotopic (exact) mass is 274 g/mol. The van der Waals surface area contributed by atoms with Gasteiger partial charge in [-0.1, -0.05) is 18.2 Å². The minimum Gasteiger partial charge on any atom is -0.356 e. The lowest BCUT2D eigenvalue weighted by molar-refractivity contribution is -0.138. The highest BCUT2D eigenvalue weighted by Crippen LogP contribution is 2.31. The first-order valence-electron chi connectivity index (χ1n) is 5.98. The summed E-state index contributed by atoms with van der Waals surface area (Å²) >= 11 is 0. The highest BCUT2D eigenvalue weighted by molar-refractivity contribution is 5.76. The lowest BCUT2D eigenvalue weighted by Gasteiger charge is -2.13. The molecule has 1 unspecified atom stereocenters. The Labute approximate surface area is 110 Å².